The monoisotopic (exact) mass is 285 g/mol. The Morgan fingerprint density at radius 2 is 2.25 bits per heavy atom. The normalized spacial score (nSPS) is 10.8. The van der Waals surface area contributed by atoms with Crippen LogP contribution in [0.4, 0.5) is 0 Å². The molecule has 0 aliphatic heterocycles. The lowest BCUT2D eigenvalue weighted by molar-refractivity contribution is -0.120. The molecule has 0 radical (unpaired) electrons. The first kappa shape index (κ1) is 12.9. The molecule has 2 heterocycles. The molecule has 0 saturated carbocycles. The zero-order chi connectivity index (χ0) is 13.9. The third-order valence-electron chi connectivity index (χ3n) is 3.13. The first-order chi connectivity index (χ1) is 9.72. The summed E-state index contributed by atoms with van der Waals surface area (Å²) in [5.41, 5.74) is 3.08. The van der Waals surface area contributed by atoms with E-state index in [1.165, 1.54) is 0 Å². The van der Waals surface area contributed by atoms with Gasteiger partial charge in [0.2, 0.25) is 5.91 Å². The minimum absolute atomic E-state index is 0.0163. The van der Waals surface area contributed by atoms with Crippen LogP contribution in [0.2, 0.25) is 0 Å². The number of rotatable bonds is 4. The topological polar surface area (TPSA) is 57.8 Å². The van der Waals surface area contributed by atoms with Crippen molar-refractivity contribution in [3.05, 3.63) is 52.1 Å². The summed E-state index contributed by atoms with van der Waals surface area (Å²) < 4.78 is 0. The summed E-state index contributed by atoms with van der Waals surface area (Å²) in [6.45, 7) is 2.45. The number of thiazole rings is 1. The Morgan fingerprint density at radius 3 is 3.05 bits per heavy atom. The number of benzene rings is 1. The fourth-order valence-electron chi connectivity index (χ4n) is 2.17. The summed E-state index contributed by atoms with van der Waals surface area (Å²) in [6.07, 6.45) is 2.28. The van der Waals surface area contributed by atoms with Crippen molar-refractivity contribution in [2.75, 3.05) is 0 Å². The predicted octanol–water partition coefficient (Wildman–Crippen LogP) is 2.79. The Morgan fingerprint density at radius 1 is 1.40 bits per heavy atom. The molecule has 2 aromatic heterocycles. The van der Waals surface area contributed by atoms with Crippen LogP contribution >= 0.6 is 11.3 Å². The molecule has 20 heavy (non-hydrogen) atoms. The van der Waals surface area contributed by atoms with Crippen molar-refractivity contribution in [1.82, 2.24) is 15.3 Å². The molecular weight excluding hydrogens is 270 g/mol. The van der Waals surface area contributed by atoms with E-state index in [4.69, 9.17) is 0 Å². The molecule has 1 amide bonds. The molecule has 5 heteroatoms. The average Bonchev–Trinajstić information content (AvgIpc) is 3.04. The number of carbonyl (C=O) groups is 1. The van der Waals surface area contributed by atoms with E-state index in [1.807, 2.05) is 42.8 Å². The smallest absolute Gasteiger partial charge is 0.224 e. The largest absolute Gasteiger partial charge is 0.361 e. The maximum atomic E-state index is 12.0. The van der Waals surface area contributed by atoms with Gasteiger partial charge in [0.1, 0.15) is 5.01 Å². The molecule has 1 aromatic carbocycles. The first-order valence-electron chi connectivity index (χ1n) is 6.45. The predicted molar refractivity (Wildman–Crippen MR) is 80.7 cm³/mol. The van der Waals surface area contributed by atoms with Crippen molar-refractivity contribution in [3.8, 4) is 0 Å². The highest BCUT2D eigenvalue weighted by molar-refractivity contribution is 7.09. The van der Waals surface area contributed by atoms with Gasteiger partial charge < -0.3 is 10.3 Å². The fraction of sp³-hybridized carbons (Fsp3) is 0.200. The number of carbonyl (C=O) groups excluding carboxylic acids is 1. The molecule has 0 atom stereocenters. The van der Waals surface area contributed by atoms with E-state index in [1.54, 1.807) is 11.3 Å². The van der Waals surface area contributed by atoms with E-state index in [-0.39, 0.29) is 5.91 Å². The van der Waals surface area contributed by atoms with E-state index in [0.29, 0.717) is 13.0 Å². The van der Waals surface area contributed by atoms with Crippen molar-refractivity contribution in [3.63, 3.8) is 0 Å². The quantitative estimate of drug-likeness (QED) is 0.774. The van der Waals surface area contributed by atoms with Gasteiger partial charge in [-0.05, 0) is 18.6 Å². The second kappa shape index (κ2) is 5.46. The van der Waals surface area contributed by atoms with Crippen molar-refractivity contribution < 1.29 is 4.79 Å². The lowest BCUT2D eigenvalue weighted by Gasteiger charge is -2.02. The van der Waals surface area contributed by atoms with Crippen LogP contribution in [0.5, 0.6) is 0 Å². The molecule has 4 nitrogen and oxygen atoms in total. The van der Waals surface area contributed by atoms with Crippen LogP contribution in [0.25, 0.3) is 10.9 Å². The first-order valence-corrected chi connectivity index (χ1v) is 7.33. The number of aryl methyl sites for hydroxylation is 1. The summed E-state index contributed by atoms with van der Waals surface area (Å²) in [6, 6.07) is 8.00. The van der Waals surface area contributed by atoms with Gasteiger partial charge in [0, 0.05) is 28.2 Å². The molecule has 0 spiro atoms. The van der Waals surface area contributed by atoms with Crippen LogP contribution in [0, 0.1) is 6.92 Å². The Bertz CT molecular complexity index is 744. The fourth-order valence-corrected chi connectivity index (χ4v) is 2.88. The molecule has 0 fully saturated rings. The van der Waals surface area contributed by atoms with Crippen LogP contribution in [0.1, 0.15) is 16.3 Å². The van der Waals surface area contributed by atoms with Gasteiger partial charge in [-0.2, -0.15) is 0 Å². The Hall–Kier alpha value is -2.14. The molecule has 0 saturated heterocycles. The third-order valence-corrected chi connectivity index (χ3v) is 4.10. The molecule has 2 N–H and O–H groups in total. The van der Waals surface area contributed by atoms with Gasteiger partial charge in [0.05, 0.1) is 13.0 Å². The molecule has 102 valence electrons. The highest BCUT2D eigenvalue weighted by atomic mass is 32.1. The van der Waals surface area contributed by atoms with E-state index in [2.05, 4.69) is 15.3 Å². The van der Waals surface area contributed by atoms with E-state index in [0.717, 1.165) is 27.2 Å². The van der Waals surface area contributed by atoms with Crippen molar-refractivity contribution in [2.24, 2.45) is 0 Å². The number of nitrogens with zero attached hydrogens (tertiary/aromatic N) is 1. The van der Waals surface area contributed by atoms with Crippen LogP contribution in [-0.4, -0.2) is 15.9 Å². The molecular formula is C15H15N3OS. The minimum atomic E-state index is 0.0163. The van der Waals surface area contributed by atoms with Crippen LogP contribution in [-0.2, 0) is 17.8 Å². The summed E-state index contributed by atoms with van der Waals surface area (Å²) in [4.78, 5) is 19.5. The maximum Gasteiger partial charge on any atom is 0.224 e. The number of aromatic nitrogens is 2. The van der Waals surface area contributed by atoms with Crippen molar-refractivity contribution >= 4 is 28.1 Å². The lowest BCUT2D eigenvalue weighted by Crippen LogP contribution is -2.24. The van der Waals surface area contributed by atoms with Gasteiger partial charge in [-0.25, -0.2) is 4.98 Å². The highest BCUT2D eigenvalue weighted by Gasteiger charge is 2.09. The van der Waals surface area contributed by atoms with Crippen molar-refractivity contribution in [1.29, 1.82) is 0 Å². The molecule has 0 bridgehead atoms. The van der Waals surface area contributed by atoms with Crippen LogP contribution in [0.15, 0.2) is 35.8 Å². The lowest BCUT2D eigenvalue weighted by atomic mass is 10.1. The van der Waals surface area contributed by atoms with Gasteiger partial charge in [-0.1, -0.05) is 18.2 Å². The highest BCUT2D eigenvalue weighted by Crippen LogP contribution is 2.18. The number of nitrogens with one attached hydrogen (secondary N) is 2. The second-order valence-electron chi connectivity index (χ2n) is 4.70. The SMILES string of the molecule is Cc1csc(CNC(=O)Cc2c[nH]c3ccccc23)n1. The van der Waals surface area contributed by atoms with Crippen LogP contribution in [0.3, 0.4) is 0 Å². The minimum Gasteiger partial charge on any atom is -0.361 e. The van der Waals surface area contributed by atoms with Crippen molar-refractivity contribution in [2.45, 2.75) is 19.9 Å². The average molecular weight is 285 g/mol. The summed E-state index contributed by atoms with van der Waals surface area (Å²) in [5.74, 6) is 0.0163. The number of H-pyrrole nitrogens is 1. The van der Waals surface area contributed by atoms with E-state index >= 15 is 0 Å². The summed E-state index contributed by atoms with van der Waals surface area (Å²) >= 11 is 1.57. The summed E-state index contributed by atoms with van der Waals surface area (Å²) in [5, 5.41) is 6.94. The second-order valence-corrected chi connectivity index (χ2v) is 5.64. The molecule has 0 unspecified atom stereocenters. The molecule has 0 aliphatic carbocycles. The Balaban J connectivity index is 1.64. The number of para-hydroxylation sites is 1. The number of fused-ring (bicyclic) bond motifs is 1. The molecule has 3 rings (SSSR count). The Kier molecular flexibility index (Phi) is 3.52. The van der Waals surface area contributed by atoms with Gasteiger partial charge >= 0.3 is 0 Å². The number of hydrogen-bond acceptors (Lipinski definition) is 3. The third kappa shape index (κ3) is 2.72. The number of hydrogen-bond donors (Lipinski definition) is 2. The van der Waals surface area contributed by atoms with Gasteiger partial charge in [0.15, 0.2) is 0 Å². The molecule has 0 aliphatic rings. The van der Waals surface area contributed by atoms with Crippen LogP contribution < -0.4 is 5.32 Å². The van der Waals surface area contributed by atoms with Gasteiger partial charge in [0.25, 0.3) is 0 Å². The number of amides is 1. The van der Waals surface area contributed by atoms with Gasteiger partial charge in [-0.3, -0.25) is 4.79 Å². The maximum absolute atomic E-state index is 12.0. The summed E-state index contributed by atoms with van der Waals surface area (Å²) in [7, 11) is 0. The Labute approximate surface area is 120 Å². The molecule has 3 aromatic rings. The van der Waals surface area contributed by atoms with Gasteiger partial charge in [-0.15, -0.1) is 11.3 Å². The number of aromatic amines is 1. The van der Waals surface area contributed by atoms with E-state index < -0.39 is 0 Å². The zero-order valence-corrected chi connectivity index (χ0v) is 12.0. The standard InChI is InChI=1S/C15H15N3OS/c1-10-9-20-15(18-10)8-17-14(19)6-11-7-16-13-5-3-2-4-12(11)13/h2-5,7,9,16H,6,8H2,1H3,(H,17,19). The van der Waals surface area contributed by atoms with E-state index in [9.17, 15) is 4.79 Å². The zero-order valence-electron chi connectivity index (χ0n) is 11.1.